The summed E-state index contributed by atoms with van der Waals surface area (Å²) in [6.07, 6.45) is 1.16. The molecular formula is C15H22Cl2N2O2. The number of nitrogens with zero attached hydrogens (tertiary/aromatic N) is 1. The number of aliphatic hydroxyl groups is 1. The summed E-state index contributed by atoms with van der Waals surface area (Å²) in [7, 11) is 1.99. The molecule has 4 nitrogen and oxygen atoms in total. The Balaban J connectivity index is 0.000000231. The molecule has 2 heterocycles. The summed E-state index contributed by atoms with van der Waals surface area (Å²) >= 11 is 11.8. The minimum atomic E-state index is -0.0324. The molecule has 1 unspecified atom stereocenters. The molecule has 2 N–H and O–H groups in total. The van der Waals surface area contributed by atoms with Gasteiger partial charge in [-0.1, -0.05) is 29.3 Å². The minimum Gasteiger partial charge on any atom is -0.390 e. The van der Waals surface area contributed by atoms with Crippen LogP contribution in [0.15, 0.2) is 18.2 Å². The number of likely N-dealkylation sites (tertiary alicyclic amines) is 1. The van der Waals surface area contributed by atoms with Gasteiger partial charge in [0.25, 0.3) is 0 Å². The number of hydrogen-bond donors (Lipinski definition) is 2. The quantitative estimate of drug-likeness (QED) is 0.827. The highest BCUT2D eigenvalue weighted by molar-refractivity contribution is 6.42. The number of likely N-dealkylation sites (N-methyl/N-ethyl adjacent to an activating group) is 1. The van der Waals surface area contributed by atoms with Gasteiger partial charge in [0.1, 0.15) is 6.79 Å². The molecule has 1 atom stereocenters. The van der Waals surface area contributed by atoms with Gasteiger partial charge in [-0.25, -0.2) is 0 Å². The van der Waals surface area contributed by atoms with E-state index in [0.717, 1.165) is 26.2 Å². The molecule has 0 aromatic heterocycles. The zero-order valence-corrected chi connectivity index (χ0v) is 13.7. The van der Waals surface area contributed by atoms with Crippen molar-refractivity contribution in [3.05, 3.63) is 33.8 Å². The third-order valence-corrected chi connectivity index (χ3v) is 4.26. The zero-order valence-electron chi connectivity index (χ0n) is 12.2. The van der Waals surface area contributed by atoms with Crippen LogP contribution < -0.4 is 5.32 Å². The molecule has 1 aromatic rings. The third kappa shape index (κ3) is 5.93. The molecule has 2 saturated heterocycles. The van der Waals surface area contributed by atoms with E-state index in [1.807, 2.05) is 26.0 Å². The van der Waals surface area contributed by atoms with Crippen molar-refractivity contribution >= 4 is 30.0 Å². The van der Waals surface area contributed by atoms with Crippen molar-refractivity contribution in [1.82, 2.24) is 10.2 Å². The molecule has 0 radical (unpaired) electrons. The first-order valence-electron chi connectivity index (χ1n) is 6.87. The number of halogens is 2. The van der Waals surface area contributed by atoms with E-state index >= 15 is 0 Å². The molecule has 0 saturated carbocycles. The van der Waals surface area contributed by atoms with Gasteiger partial charge in [0, 0.05) is 19.6 Å². The van der Waals surface area contributed by atoms with Crippen LogP contribution >= 0.6 is 23.2 Å². The van der Waals surface area contributed by atoms with Gasteiger partial charge in [-0.3, -0.25) is 0 Å². The molecule has 21 heavy (non-hydrogen) atoms. The van der Waals surface area contributed by atoms with Crippen LogP contribution in [0.25, 0.3) is 0 Å². The first-order valence-corrected chi connectivity index (χ1v) is 7.63. The van der Waals surface area contributed by atoms with Crippen molar-refractivity contribution < 1.29 is 9.90 Å². The lowest BCUT2D eigenvalue weighted by atomic mass is 9.99. The summed E-state index contributed by atoms with van der Waals surface area (Å²) in [5, 5.41) is 13.2. The fraction of sp³-hybridized carbons (Fsp3) is 0.533. The van der Waals surface area contributed by atoms with Crippen LogP contribution in [-0.4, -0.2) is 56.1 Å². The van der Waals surface area contributed by atoms with Crippen LogP contribution in [0, 0.1) is 0 Å². The molecule has 6 heteroatoms. The zero-order chi connectivity index (χ0) is 15.8. The lowest BCUT2D eigenvalue weighted by Crippen LogP contribution is -2.47. The maximum atomic E-state index is 8.58. The van der Waals surface area contributed by atoms with Gasteiger partial charge in [-0.15, -0.1) is 0 Å². The van der Waals surface area contributed by atoms with E-state index in [1.165, 1.54) is 12.0 Å². The summed E-state index contributed by atoms with van der Waals surface area (Å²) in [4.78, 5) is 10.1. The minimum absolute atomic E-state index is 0.0324. The maximum Gasteiger partial charge on any atom is 0.106 e. The van der Waals surface area contributed by atoms with E-state index in [0.29, 0.717) is 16.0 Å². The Bertz CT molecular complexity index is 428. The van der Waals surface area contributed by atoms with Crippen LogP contribution in [0.4, 0.5) is 0 Å². The second-order valence-corrected chi connectivity index (χ2v) is 6.05. The van der Waals surface area contributed by atoms with Gasteiger partial charge < -0.3 is 20.1 Å². The summed E-state index contributed by atoms with van der Waals surface area (Å²) in [5.74, 6) is 0.606. The van der Waals surface area contributed by atoms with Crippen molar-refractivity contribution in [1.29, 1.82) is 0 Å². The van der Waals surface area contributed by atoms with Crippen LogP contribution in [0.1, 0.15) is 17.9 Å². The van der Waals surface area contributed by atoms with Crippen LogP contribution in [0.3, 0.4) is 0 Å². The van der Waals surface area contributed by atoms with E-state index in [-0.39, 0.29) is 6.10 Å². The predicted molar refractivity (Wildman–Crippen MR) is 87.3 cm³/mol. The summed E-state index contributed by atoms with van der Waals surface area (Å²) in [6, 6.07) is 5.91. The number of aliphatic hydroxyl groups excluding tert-OH is 1. The van der Waals surface area contributed by atoms with Gasteiger partial charge in [0.2, 0.25) is 0 Å². The molecule has 0 bridgehead atoms. The molecule has 0 aliphatic carbocycles. The van der Waals surface area contributed by atoms with Crippen molar-refractivity contribution in [3.63, 3.8) is 0 Å². The normalized spacial score (nSPS) is 21.6. The lowest BCUT2D eigenvalue weighted by Gasteiger charge is -2.31. The standard InChI is InChI=1S/C10H11Cl2N.C4H9NO.CH2O/c11-9-2-1-7(5-10(9)12)8-3-4-13-6-8;1-5-2-4(6)3-5;1-2/h1-2,5,8,13H,3-4,6H2;4,6H,2-3H2,1H3;1H2. The Hall–Kier alpha value is -0.650. The Morgan fingerprint density at radius 3 is 2.33 bits per heavy atom. The van der Waals surface area contributed by atoms with E-state index < -0.39 is 0 Å². The molecule has 2 fully saturated rings. The van der Waals surface area contributed by atoms with E-state index in [2.05, 4.69) is 16.3 Å². The molecule has 2 aliphatic rings. The predicted octanol–water partition coefficient (Wildman–Crippen LogP) is 2.18. The molecular weight excluding hydrogens is 311 g/mol. The van der Waals surface area contributed by atoms with E-state index in [4.69, 9.17) is 33.1 Å². The Kier molecular flexibility index (Phi) is 8.22. The Labute approximate surface area is 136 Å². The van der Waals surface area contributed by atoms with Crippen LogP contribution in [0.2, 0.25) is 10.0 Å². The second kappa shape index (κ2) is 9.38. The number of carbonyl (C=O) groups excluding carboxylic acids is 1. The highest BCUT2D eigenvalue weighted by Crippen LogP contribution is 2.28. The first kappa shape index (κ1) is 18.4. The van der Waals surface area contributed by atoms with Gasteiger partial charge in [0.05, 0.1) is 16.1 Å². The maximum absolute atomic E-state index is 8.58. The van der Waals surface area contributed by atoms with Crippen molar-refractivity contribution in [2.24, 2.45) is 0 Å². The van der Waals surface area contributed by atoms with Crippen molar-refractivity contribution in [3.8, 4) is 0 Å². The molecule has 0 amide bonds. The van der Waals surface area contributed by atoms with Crippen molar-refractivity contribution in [2.75, 3.05) is 33.2 Å². The first-order chi connectivity index (χ1) is 10.1. The second-order valence-electron chi connectivity index (χ2n) is 5.24. The summed E-state index contributed by atoms with van der Waals surface area (Å²) < 4.78 is 0. The van der Waals surface area contributed by atoms with Crippen LogP contribution in [0.5, 0.6) is 0 Å². The number of carbonyl (C=O) groups is 1. The molecule has 0 spiro atoms. The highest BCUT2D eigenvalue weighted by Gasteiger charge is 2.19. The van der Waals surface area contributed by atoms with Gasteiger partial charge >= 0.3 is 0 Å². The van der Waals surface area contributed by atoms with Gasteiger partial charge in [-0.2, -0.15) is 0 Å². The largest absolute Gasteiger partial charge is 0.390 e. The van der Waals surface area contributed by atoms with Crippen molar-refractivity contribution in [2.45, 2.75) is 18.4 Å². The fourth-order valence-corrected chi connectivity index (χ4v) is 2.68. The number of β-amino-alcohol motifs (C(OH)–C–C–N with tert-alkyl or cyclic N) is 1. The average molecular weight is 333 g/mol. The molecule has 2 aliphatic heterocycles. The number of benzene rings is 1. The average Bonchev–Trinajstić information content (AvgIpc) is 2.98. The lowest BCUT2D eigenvalue weighted by molar-refractivity contribution is -0.0979. The fourth-order valence-electron chi connectivity index (χ4n) is 2.37. The van der Waals surface area contributed by atoms with E-state index in [1.54, 1.807) is 0 Å². The number of nitrogens with one attached hydrogen (secondary N) is 1. The highest BCUT2D eigenvalue weighted by atomic mass is 35.5. The van der Waals surface area contributed by atoms with Gasteiger partial charge in [-0.05, 0) is 43.6 Å². The summed E-state index contributed by atoms with van der Waals surface area (Å²) in [5.41, 5.74) is 1.29. The smallest absolute Gasteiger partial charge is 0.106 e. The number of rotatable bonds is 1. The topological polar surface area (TPSA) is 52.6 Å². The third-order valence-electron chi connectivity index (χ3n) is 3.52. The Morgan fingerprint density at radius 1 is 1.29 bits per heavy atom. The van der Waals surface area contributed by atoms with Gasteiger partial charge in [0.15, 0.2) is 0 Å². The van der Waals surface area contributed by atoms with E-state index in [9.17, 15) is 0 Å². The molecule has 3 rings (SSSR count). The summed E-state index contributed by atoms with van der Waals surface area (Å²) in [6.45, 7) is 5.88. The monoisotopic (exact) mass is 332 g/mol. The SMILES string of the molecule is C=O.CN1CC(O)C1.Clc1ccc(C2CCNC2)cc1Cl. The van der Waals surface area contributed by atoms with Crippen LogP contribution in [-0.2, 0) is 4.79 Å². The molecule has 1 aromatic carbocycles. The Morgan fingerprint density at radius 2 is 1.95 bits per heavy atom. The number of hydrogen-bond acceptors (Lipinski definition) is 4. The molecule has 118 valence electrons.